The van der Waals surface area contributed by atoms with Crippen molar-refractivity contribution < 1.29 is 13.5 Å². The summed E-state index contributed by atoms with van der Waals surface area (Å²) < 4.78 is 25.2. The van der Waals surface area contributed by atoms with Gasteiger partial charge in [-0.05, 0) is 25.7 Å². The maximum atomic E-state index is 11.4. The first kappa shape index (κ1) is 11.9. The van der Waals surface area contributed by atoms with Gasteiger partial charge < -0.3 is 5.11 Å². The van der Waals surface area contributed by atoms with Crippen LogP contribution in [0.5, 0.6) is 0 Å². The van der Waals surface area contributed by atoms with Crippen LogP contribution >= 0.6 is 0 Å². The van der Waals surface area contributed by atoms with Crippen molar-refractivity contribution in [3.8, 4) is 0 Å². The fourth-order valence-electron chi connectivity index (χ4n) is 1.22. The average Bonchev–Trinajstić information content (AvgIpc) is 2.82. The van der Waals surface area contributed by atoms with Crippen LogP contribution in [0.4, 0.5) is 0 Å². The smallest absolute Gasteiger partial charge is 0.211 e. The summed E-state index contributed by atoms with van der Waals surface area (Å²) in [6.45, 7) is 1.99. The minimum absolute atomic E-state index is 0.234. The monoisotopic (exact) mass is 221 g/mol. The fourth-order valence-corrected chi connectivity index (χ4v) is 2.44. The molecule has 1 unspecified atom stereocenters. The molecule has 0 amide bonds. The van der Waals surface area contributed by atoms with Crippen LogP contribution in [0.15, 0.2) is 0 Å². The van der Waals surface area contributed by atoms with E-state index in [9.17, 15) is 8.42 Å². The SMILES string of the molecule is CC(O)CCNS(=O)(=O)CCC1CC1. The van der Waals surface area contributed by atoms with Crippen molar-refractivity contribution in [3.05, 3.63) is 0 Å². The molecule has 2 N–H and O–H groups in total. The molecular weight excluding hydrogens is 202 g/mol. The molecule has 0 aromatic rings. The molecule has 1 aliphatic carbocycles. The third-order valence-corrected chi connectivity index (χ3v) is 3.79. The predicted octanol–water partition coefficient (Wildman–Crippen LogP) is 0.477. The van der Waals surface area contributed by atoms with Gasteiger partial charge in [0, 0.05) is 6.54 Å². The van der Waals surface area contributed by atoms with Gasteiger partial charge in [-0.3, -0.25) is 0 Å². The van der Waals surface area contributed by atoms with Gasteiger partial charge in [-0.2, -0.15) is 0 Å². The lowest BCUT2D eigenvalue weighted by Gasteiger charge is -2.07. The molecule has 0 heterocycles. The van der Waals surface area contributed by atoms with E-state index < -0.39 is 16.1 Å². The van der Waals surface area contributed by atoms with E-state index in [1.807, 2.05) is 0 Å². The molecule has 0 aromatic heterocycles. The Morgan fingerprint density at radius 2 is 2.14 bits per heavy atom. The largest absolute Gasteiger partial charge is 0.393 e. The first-order chi connectivity index (χ1) is 6.49. The van der Waals surface area contributed by atoms with E-state index in [4.69, 9.17) is 5.11 Å². The summed E-state index contributed by atoms with van der Waals surface area (Å²) in [5.74, 6) is 0.876. The Morgan fingerprint density at radius 3 is 2.64 bits per heavy atom. The topological polar surface area (TPSA) is 66.4 Å². The third kappa shape index (κ3) is 5.57. The maximum absolute atomic E-state index is 11.4. The normalized spacial score (nSPS) is 19.6. The van der Waals surface area contributed by atoms with E-state index in [0.29, 0.717) is 18.9 Å². The molecule has 0 bridgehead atoms. The van der Waals surface area contributed by atoms with Crippen LogP contribution in [0.1, 0.15) is 32.6 Å². The van der Waals surface area contributed by atoms with Crippen molar-refractivity contribution in [3.63, 3.8) is 0 Å². The second-order valence-electron chi connectivity index (χ2n) is 4.08. The Kier molecular flexibility index (Phi) is 4.34. The number of sulfonamides is 1. The quantitative estimate of drug-likeness (QED) is 0.657. The molecule has 1 fully saturated rings. The fraction of sp³-hybridized carbons (Fsp3) is 1.00. The van der Waals surface area contributed by atoms with Gasteiger partial charge in [-0.25, -0.2) is 13.1 Å². The number of nitrogens with one attached hydrogen (secondary N) is 1. The standard InChI is InChI=1S/C9H19NO3S/c1-8(11)4-6-10-14(12,13)7-5-9-2-3-9/h8-11H,2-7H2,1H3. The highest BCUT2D eigenvalue weighted by atomic mass is 32.2. The number of aliphatic hydroxyl groups is 1. The van der Waals surface area contributed by atoms with Gasteiger partial charge in [0.05, 0.1) is 11.9 Å². The van der Waals surface area contributed by atoms with E-state index in [1.165, 1.54) is 12.8 Å². The third-order valence-electron chi connectivity index (χ3n) is 2.38. The molecule has 4 nitrogen and oxygen atoms in total. The Balaban J connectivity index is 2.12. The molecule has 14 heavy (non-hydrogen) atoms. The van der Waals surface area contributed by atoms with Gasteiger partial charge in [0.1, 0.15) is 0 Å². The summed E-state index contributed by atoms with van der Waals surface area (Å²) in [6.07, 6.45) is 3.18. The van der Waals surface area contributed by atoms with Crippen LogP contribution in [0, 0.1) is 5.92 Å². The highest BCUT2D eigenvalue weighted by molar-refractivity contribution is 7.89. The first-order valence-electron chi connectivity index (χ1n) is 5.15. The van der Waals surface area contributed by atoms with E-state index in [1.54, 1.807) is 6.92 Å². The molecule has 5 heteroatoms. The van der Waals surface area contributed by atoms with E-state index >= 15 is 0 Å². The molecule has 0 aromatic carbocycles. The second-order valence-corrected chi connectivity index (χ2v) is 6.01. The molecule has 0 saturated heterocycles. The number of rotatable bonds is 7. The molecule has 1 atom stereocenters. The van der Waals surface area contributed by atoms with Gasteiger partial charge in [0.25, 0.3) is 0 Å². The van der Waals surface area contributed by atoms with Gasteiger partial charge in [0.2, 0.25) is 10.0 Å². The van der Waals surface area contributed by atoms with E-state index in [-0.39, 0.29) is 5.75 Å². The lowest BCUT2D eigenvalue weighted by Crippen LogP contribution is -2.29. The summed E-state index contributed by atoms with van der Waals surface area (Å²) in [6, 6.07) is 0. The van der Waals surface area contributed by atoms with Crippen LogP contribution in [0.3, 0.4) is 0 Å². The van der Waals surface area contributed by atoms with Crippen molar-refractivity contribution in [1.82, 2.24) is 4.72 Å². The van der Waals surface area contributed by atoms with E-state index in [2.05, 4.69) is 4.72 Å². The summed E-state index contributed by atoms with van der Waals surface area (Å²) in [7, 11) is -3.09. The highest BCUT2D eigenvalue weighted by Crippen LogP contribution is 2.32. The zero-order valence-corrected chi connectivity index (χ0v) is 9.39. The van der Waals surface area contributed by atoms with Crippen molar-refractivity contribution in [2.24, 2.45) is 5.92 Å². The molecule has 0 aliphatic heterocycles. The summed E-state index contributed by atoms with van der Waals surface area (Å²) in [5.41, 5.74) is 0. The average molecular weight is 221 g/mol. The van der Waals surface area contributed by atoms with Crippen LogP contribution in [-0.2, 0) is 10.0 Å². The van der Waals surface area contributed by atoms with Crippen molar-refractivity contribution in [2.45, 2.75) is 38.7 Å². The van der Waals surface area contributed by atoms with Crippen LogP contribution < -0.4 is 4.72 Å². The molecule has 1 aliphatic rings. The number of aliphatic hydroxyl groups excluding tert-OH is 1. The van der Waals surface area contributed by atoms with Crippen molar-refractivity contribution in [1.29, 1.82) is 0 Å². The zero-order chi connectivity index (χ0) is 10.6. The molecule has 1 rings (SSSR count). The second kappa shape index (κ2) is 5.09. The molecule has 1 saturated carbocycles. The summed E-state index contributed by atoms with van der Waals surface area (Å²) >= 11 is 0. The van der Waals surface area contributed by atoms with Crippen LogP contribution in [-0.4, -0.2) is 31.9 Å². The Labute approximate surface area is 85.8 Å². The lowest BCUT2D eigenvalue weighted by molar-refractivity contribution is 0.186. The van der Waals surface area contributed by atoms with Crippen molar-refractivity contribution >= 4 is 10.0 Å². The van der Waals surface area contributed by atoms with Crippen LogP contribution in [0.25, 0.3) is 0 Å². The van der Waals surface area contributed by atoms with Gasteiger partial charge >= 0.3 is 0 Å². The molecule has 0 radical (unpaired) electrons. The molecule has 0 spiro atoms. The first-order valence-corrected chi connectivity index (χ1v) is 6.80. The summed E-state index contributed by atoms with van der Waals surface area (Å²) in [5, 5.41) is 8.94. The minimum Gasteiger partial charge on any atom is -0.393 e. The van der Waals surface area contributed by atoms with Gasteiger partial charge in [0.15, 0.2) is 0 Å². The molecule has 84 valence electrons. The van der Waals surface area contributed by atoms with Gasteiger partial charge in [-0.15, -0.1) is 0 Å². The maximum Gasteiger partial charge on any atom is 0.211 e. The predicted molar refractivity (Wildman–Crippen MR) is 55.4 cm³/mol. The number of hydrogen-bond donors (Lipinski definition) is 2. The number of hydrogen-bond acceptors (Lipinski definition) is 3. The highest BCUT2D eigenvalue weighted by Gasteiger charge is 2.23. The van der Waals surface area contributed by atoms with Gasteiger partial charge in [-0.1, -0.05) is 12.8 Å². The van der Waals surface area contributed by atoms with E-state index in [0.717, 1.165) is 6.42 Å². The Bertz CT molecular complexity index is 257. The van der Waals surface area contributed by atoms with Crippen LogP contribution in [0.2, 0.25) is 0 Å². The summed E-state index contributed by atoms with van der Waals surface area (Å²) in [4.78, 5) is 0. The zero-order valence-electron chi connectivity index (χ0n) is 8.57. The molecular formula is C9H19NO3S. The Hall–Kier alpha value is -0.130. The Morgan fingerprint density at radius 1 is 1.50 bits per heavy atom. The van der Waals surface area contributed by atoms with Crippen molar-refractivity contribution in [2.75, 3.05) is 12.3 Å². The minimum atomic E-state index is -3.09. The lowest BCUT2D eigenvalue weighted by atomic mass is 10.3.